The van der Waals surface area contributed by atoms with Gasteiger partial charge in [0, 0.05) is 23.9 Å². The van der Waals surface area contributed by atoms with E-state index in [1.807, 2.05) is 19.1 Å². The Kier molecular flexibility index (Phi) is 6.37. The number of esters is 1. The Morgan fingerprint density at radius 3 is 2.48 bits per heavy atom. The van der Waals surface area contributed by atoms with Crippen LogP contribution in [0.2, 0.25) is 0 Å². The number of fused-ring (bicyclic) bond motifs is 1. The van der Waals surface area contributed by atoms with Gasteiger partial charge >= 0.3 is 11.6 Å². The second-order valence-electron chi connectivity index (χ2n) is 7.51. The number of hydrogen-bond acceptors (Lipinski definition) is 5. The van der Waals surface area contributed by atoms with Crippen molar-refractivity contribution in [2.45, 2.75) is 46.5 Å². The topological polar surface area (TPSA) is 65.7 Å². The van der Waals surface area contributed by atoms with Crippen molar-refractivity contribution < 1.29 is 18.7 Å². The lowest BCUT2D eigenvalue weighted by atomic mass is 9.98. The molecule has 5 heteroatoms. The summed E-state index contributed by atoms with van der Waals surface area (Å²) in [6, 6.07) is 12.6. The molecule has 0 N–H and O–H groups in total. The third-order valence-electron chi connectivity index (χ3n) is 4.81. The maximum absolute atomic E-state index is 12.1. The van der Waals surface area contributed by atoms with Crippen molar-refractivity contribution in [1.82, 2.24) is 0 Å². The molecular formula is C24H26O5. The first-order valence-electron chi connectivity index (χ1n) is 9.82. The molecule has 29 heavy (non-hydrogen) atoms. The lowest BCUT2D eigenvalue weighted by Crippen LogP contribution is -2.10. The normalized spacial score (nSPS) is 11.1. The second-order valence-corrected chi connectivity index (χ2v) is 7.51. The van der Waals surface area contributed by atoms with Gasteiger partial charge in [-0.2, -0.15) is 0 Å². The Morgan fingerprint density at radius 2 is 1.76 bits per heavy atom. The highest BCUT2D eigenvalue weighted by molar-refractivity contribution is 5.82. The summed E-state index contributed by atoms with van der Waals surface area (Å²) < 4.78 is 16.3. The zero-order valence-corrected chi connectivity index (χ0v) is 17.3. The first-order chi connectivity index (χ1) is 13.8. The van der Waals surface area contributed by atoms with Gasteiger partial charge in [0.2, 0.25) is 0 Å². The summed E-state index contributed by atoms with van der Waals surface area (Å²) in [6.45, 7) is 8.68. The molecule has 0 amide bonds. The van der Waals surface area contributed by atoms with Gasteiger partial charge in [0.1, 0.15) is 17.1 Å². The highest BCUT2D eigenvalue weighted by Crippen LogP contribution is 2.24. The highest BCUT2D eigenvalue weighted by atomic mass is 16.5. The number of hydrogen-bond donors (Lipinski definition) is 0. The quantitative estimate of drug-likeness (QED) is 0.235. The Balaban J connectivity index is 1.51. The number of benzene rings is 2. The van der Waals surface area contributed by atoms with Crippen LogP contribution in [0.25, 0.3) is 11.0 Å². The Labute approximate surface area is 170 Å². The van der Waals surface area contributed by atoms with E-state index >= 15 is 0 Å². The molecule has 0 spiro atoms. The van der Waals surface area contributed by atoms with Gasteiger partial charge in [-0.15, -0.1) is 0 Å². The van der Waals surface area contributed by atoms with Gasteiger partial charge in [0.25, 0.3) is 0 Å². The van der Waals surface area contributed by atoms with Crippen LogP contribution in [0.5, 0.6) is 11.5 Å². The van der Waals surface area contributed by atoms with Crippen molar-refractivity contribution in [2.75, 3.05) is 6.61 Å². The maximum atomic E-state index is 12.1. The number of carbonyl (C=O) groups is 1. The van der Waals surface area contributed by atoms with Crippen LogP contribution < -0.4 is 15.1 Å². The molecule has 3 aromatic rings. The van der Waals surface area contributed by atoms with Crippen LogP contribution in [-0.2, 0) is 4.79 Å². The third-order valence-corrected chi connectivity index (χ3v) is 4.81. The molecule has 0 saturated heterocycles. The minimum atomic E-state index is -0.424. The SMILES string of the molecule is Cc1cc(OCCCC(=O)Oc2ccc3c(C)cc(=O)oc3c2)ccc1C(C)C. The number of carbonyl (C=O) groups excluding carboxylic acids is 1. The molecular weight excluding hydrogens is 368 g/mol. The molecule has 0 saturated carbocycles. The lowest BCUT2D eigenvalue weighted by Gasteiger charge is -2.12. The van der Waals surface area contributed by atoms with Crippen LogP contribution in [0.4, 0.5) is 0 Å². The highest BCUT2D eigenvalue weighted by Gasteiger charge is 2.09. The maximum Gasteiger partial charge on any atom is 0.336 e. The minimum absolute atomic E-state index is 0.235. The molecule has 1 heterocycles. The number of aryl methyl sites for hydroxylation is 2. The Hall–Kier alpha value is -3.08. The van der Waals surface area contributed by atoms with Crippen LogP contribution in [0, 0.1) is 13.8 Å². The average Bonchev–Trinajstić information content (AvgIpc) is 2.64. The number of ether oxygens (including phenoxy) is 2. The third kappa shape index (κ3) is 5.25. The first kappa shape index (κ1) is 20.6. The molecule has 0 atom stereocenters. The smallest absolute Gasteiger partial charge is 0.336 e. The molecule has 152 valence electrons. The zero-order chi connectivity index (χ0) is 21.0. The van der Waals surface area contributed by atoms with Crippen molar-refractivity contribution in [3.63, 3.8) is 0 Å². The van der Waals surface area contributed by atoms with Crippen LogP contribution >= 0.6 is 0 Å². The van der Waals surface area contributed by atoms with Crippen LogP contribution in [0.15, 0.2) is 51.7 Å². The summed E-state index contributed by atoms with van der Waals surface area (Å²) in [4.78, 5) is 23.6. The molecule has 0 radical (unpaired) electrons. The fourth-order valence-electron chi connectivity index (χ4n) is 3.34. The van der Waals surface area contributed by atoms with Gasteiger partial charge < -0.3 is 13.9 Å². The fraction of sp³-hybridized carbons (Fsp3) is 0.333. The van der Waals surface area contributed by atoms with E-state index in [2.05, 4.69) is 26.8 Å². The average molecular weight is 394 g/mol. The van der Waals surface area contributed by atoms with E-state index in [1.54, 1.807) is 18.2 Å². The van der Waals surface area contributed by atoms with E-state index in [1.165, 1.54) is 17.2 Å². The van der Waals surface area contributed by atoms with E-state index in [-0.39, 0.29) is 12.4 Å². The second kappa shape index (κ2) is 8.95. The molecule has 0 aliphatic carbocycles. The first-order valence-corrected chi connectivity index (χ1v) is 9.82. The summed E-state index contributed by atoms with van der Waals surface area (Å²) >= 11 is 0. The van der Waals surface area contributed by atoms with Crippen molar-refractivity contribution >= 4 is 16.9 Å². The van der Waals surface area contributed by atoms with Crippen LogP contribution in [0.1, 0.15) is 49.3 Å². The predicted octanol–water partition coefficient (Wildman–Crippen LogP) is 5.30. The summed E-state index contributed by atoms with van der Waals surface area (Å²) in [6.07, 6.45) is 0.782. The van der Waals surface area contributed by atoms with Gasteiger partial charge in [-0.25, -0.2) is 4.79 Å². The molecule has 0 unspecified atom stereocenters. The van der Waals surface area contributed by atoms with Gasteiger partial charge in [-0.1, -0.05) is 19.9 Å². The van der Waals surface area contributed by atoms with E-state index < -0.39 is 5.63 Å². The zero-order valence-electron chi connectivity index (χ0n) is 17.3. The summed E-state index contributed by atoms with van der Waals surface area (Å²) in [7, 11) is 0. The van der Waals surface area contributed by atoms with Crippen molar-refractivity contribution in [3.8, 4) is 11.5 Å². The van der Waals surface area contributed by atoms with E-state index in [0.717, 1.165) is 16.7 Å². The Morgan fingerprint density at radius 1 is 1.00 bits per heavy atom. The summed E-state index contributed by atoms with van der Waals surface area (Å²) in [5, 5.41) is 0.816. The fourth-order valence-corrected chi connectivity index (χ4v) is 3.34. The van der Waals surface area contributed by atoms with E-state index in [0.29, 0.717) is 30.3 Å². The van der Waals surface area contributed by atoms with Crippen LogP contribution in [-0.4, -0.2) is 12.6 Å². The van der Waals surface area contributed by atoms with Gasteiger partial charge in [-0.3, -0.25) is 4.79 Å². The molecule has 0 fully saturated rings. The molecule has 3 rings (SSSR count). The van der Waals surface area contributed by atoms with Crippen molar-refractivity contribution in [3.05, 3.63) is 69.6 Å². The summed E-state index contributed by atoms with van der Waals surface area (Å²) in [5.74, 6) is 1.29. The van der Waals surface area contributed by atoms with Gasteiger partial charge in [0.15, 0.2) is 0 Å². The molecule has 1 aromatic heterocycles. The molecule has 0 aliphatic heterocycles. The summed E-state index contributed by atoms with van der Waals surface area (Å²) in [5.41, 5.74) is 3.32. The number of rotatable bonds is 7. The molecule has 2 aromatic carbocycles. The predicted molar refractivity (Wildman–Crippen MR) is 113 cm³/mol. The minimum Gasteiger partial charge on any atom is -0.494 e. The van der Waals surface area contributed by atoms with Gasteiger partial charge in [0.05, 0.1) is 6.61 Å². The molecule has 0 bridgehead atoms. The standard InChI is InChI=1S/C24H26O5/c1-15(2)20-9-7-18(12-16(20)3)27-11-5-6-23(25)28-19-8-10-21-17(4)13-24(26)29-22(21)14-19/h7-10,12-15H,5-6,11H2,1-4H3. The van der Waals surface area contributed by atoms with Crippen LogP contribution in [0.3, 0.4) is 0 Å². The Bertz CT molecular complexity index is 1080. The largest absolute Gasteiger partial charge is 0.494 e. The van der Waals surface area contributed by atoms with Gasteiger partial charge in [-0.05, 0) is 67.1 Å². The van der Waals surface area contributed by atoms with E-state index in [9.17, 15) is 9.59 Å². The molecule has 0 aliphatic rings. The van der Waals surface area contributed by atoms with E-state index in [4.69, 9.17) is 13.9 Å². The van der Waals surface area contributed by atoms with Crippen molar-refractivity contribution in [2.24, 2.45) is 0 Å². The monoisotopic (exact) mass is 394 g/mol. The van der Waals surface area contributed by atoms with Crippen molar-refractivity contribution in [1.29, 1.82) is 0 Å². The lowest BCUT2D eigenvalue weighted by molar-refractivity contribution is -0.134. The molecule has 5 nitrogen and oxygen atoms in total.